The van der Waals surface area contributed by atoms with Crippen LogP contribution in [0.2, 0.25) is 0 Å². The van der Waals surface area contributed by atoms with Crippen LogP contribution in [-0.2, 0) is 12.8 Å². The number of hydrogen-bond donors (Lipinski definition) is 0. The van der Waals surface area contributed by atoms with Gasteiger partial charge in [-0.2, -0.15) is 13.2 Å². The second-order valence-corrected chi connectivity index (χ2v) is 8.27. The second-order valence-electron chi connectivity index (χ2n) is 8.27. The van der Waals surface area contributed by atoms with Crippen molar-refractivity contribution in [3.05, 3.63) is 75.9 Å². The van der Waals surface area contributed by atoms with E-state index in [1.807, 2.05) is 0 Å². The predicted molar refractivity (Wildman–Crippen MR) is 106 cm³/mol. The van der Waals surface area contributed by atoms with Crippen molar-refractivity contribution in [3.63, 3.8) is 0 Å². The summed E-state index contributed by atoms with van der Waals surface area (Å²) in [5, 5.41) is 0. The predicted octanol–water partition coefficient (Wildman–Crippen LogP) is 7.90. The Hall–Kier alpha value is -2.31. The van der Waals surface area contributed by atoms with Crippen molar-refractivity contribution in [3.8, 4) is 0 Å². The van der Waals surface area contributed by atoms with Gasteiger partial charge in [0, 0.05) is 17.2 Å². The smallest absolute Gasteiger partial charge is 0.207 e. The molecule has 0 unspecified atom stereocenters. The third-order valence-corrected chi connectivity index (χ3v) is 5.89. The van der Waals surface area contributed by atoms with E-state index in [-0.39, 0.29) is 36.0 Å². The topological polar surface area (TPSA) is 0 Å². The van der Waals surface area contributed by atoms with Crippen molar-refractivity contribution in [2.45, 2.75) is 57.5 Å². The maximum atomic E-state index is 14.6. The molecule has 1 aliphatic carbocycles. The summed E-state index contributed by atoms with van der Waals surface area (Å²) in [7, 11) is 0. The van der Waals surface area contributed by atoms with E-state index in [2.05, 4.69) is 6.92 Å². The maximum absolute atomic E-state index is 14.6. The molecule has 168 valence electrons. The Morgan fingerprint density at radius 1 is 0.806 bits per heavy atom. The SMILES string of the molecule is CC1CCC(c2cc(F)c(CCc3cc(F)c(/C=C/C(F)(F)F)c(F)c3)c(F)c2)CC1. The molecule has 0 N–H and O–H groups in total. The molecule has 0 aromatic heterocycles. The molecular formula is C24H23F7. The van der Waals surface area contributed by atoms with Gasteiger partial charge in [-0.05, 0) is 79.0 Å². The van der Waals surface area contributed by atoms with Crippen molar-refractivity contribution in [2.75, 3.05) is 0 Å². The summed E-state index contributed by atoms with van der Waals surface area (Å²) in [4.78, 5) is 0. The van der Waals surface area contributed by atoms with Crippen LogP contribution in [0.1, 0.15) is 60.8 Å². The summed E-state index contributed by atoms with van der Waals surface area (Å²) in [5.74, 6) is -2.99. The first-order chi connectivity index (χ1) is 14.5. The largest absolute Gasteiger partial charge is 0.409 e. The molecule has 31 heavy (non-hydrogen) atoms. The molecule has 1 fully saturated rings. The molecule has 0 radical (unpaired) electrons. The first-order valence-corrected chi connectivity index (χ1v) is 10.2. The molecule has 0 aliphatic heterocycles. The van der Waals surface area contributed by atoms with Crippen LogP contribution in [0.25, 0.3) is 6.08 Å². The average molecular weight is 444 g/mol. The Labute approximate surface area is 176 Å². The van der Waals surface area contributed by atoms with E-state index in [9.17, 15) is 30.7 Å². The van der Waals surface area contributed by atoms with Crippen LogP contribution in [0.4, 0.5) is 30.7 Å². The summed E-state index contributed by atoms with van der Waals surface area (Å²) >= 11 is 0. The highest BCUT2D eigenvalue weighted by molar-refractivity contribution is 5.52. The fourth-order valence-corrected chi connectivity index (χ4v) is 4.08. The van der Waals surface area contributed by atoms with Crippen molar-refractivity contribution >= 4 is 6.08 Å². The van der Waals surface area contributed by atoms with Crippen molar-refractivity contribution in [2.24, 2.45) is 5.92 Å². The van der Waals surface area contributed by atoms with E-state index in [4.69, 9.17) is 0 Å². The molecule has 0 saturated heterocycles. The van der Waals surface area contributed by atoms with E-state index in [1.165, 1.54) is 12.1 Å². The third kappa shape index (κ3) is 6.11. The van der Waals surface area contributed by atoms with E-state index in [1.54, 1.807) is 0 Å². The van der Waals surface area contributed by atoms with Gasteiger partial charge in [0.1, 0.15) is 23.3 Å². The number of benzene rings is 2. The fourth-order valence-electron chi connectivity index (χ4n) is 4.08. The zero-order valence-electron chi connectivity index (χ0n) is 17.0. The summed E-state index contributed by atoms with van der Waals surface area (Å²) in [5.41, 5.74) is -0.258. The Balaban J connectivity index is 1.73. The normalized spacial score (nSPS) is 19.9. The summed E-state index contributed by atoms with van der Waals surface area (Å²) in [6, 6.07) is 4.44. The molecule has 0 nitrogen and oxygen atoms in total. The Kier molecular flexibility index (Phi) is 7.12. The standard InChI is InChI=1S/C24H23F7/c1-14-2-5-16(6-3-14)17-12-22(27)18(23(28)13-17)7-4-15-10-20(25)19(21(26)11-15)8-9-24(29,30)31/h8-14,16H,2-7H2,1H3/b9-8+. The summed E-state index contributed by atoms with van der Waals surface area (Å²) in [6.07, 6.45) is -1.04. The van der Waals surface area contributed by atoms with Crippen molar-refractivity contribution < 1.29 is 30.7 Å². The van der Waals surface area contributed by atoms with Gasteiger partial charge in [0.15, 0.2) is 0 Å². The van der Waals surface area contributed by atoms with Gasteiger partial charge >= 0.3 is 6.18 Å². The average Bonchev–Trinajstić information content (AvgIpc) is 2.66. The second kappa shape index (κ2) is 9.45. The van der Waals surface area contributed by atoms with Gasteiger partial charge in [0.05, 0.1) is 0 Å². The molecule has 0 spiro atoms. The number of alkyl halides is 3. The summed E-state index contributed by atoms with van der Waals surface area (Å²) < 4.78 is 93.9. The number of halogens is 7. The zero-order valence-corrected chi connectivity index (χ0v) is 17.0. The van der Waals surface area contributed by atoms with Crippen LogP contribution in [0.3, 0.4) is 0 Å². The molecular weight excluding hydrogens is 421 g/mol. The number of aryl methyl sites for hydroxylation is 1. The van der Waals surface area contributed by atoms with Crippen molar-refractivity contribution in [1.29, 1.82) is 0 Å². The highest BCUT2D eigenvalue weighted by atomic mass is 19.4. The first-order valence-electron chi connectivity index (χ1n) is 10.2. The lowest BCUT2D eigenvalue weighted by atomic mass is 9.79. The minimum Gasteiger partial charge on any atom is -0.207 e. The molecule has 7 heteroatoms. The van der Waals surface area contributed by atoms with Crippen LogP contribution in [0.5, 0.6) is 0 Å². The Morgan fingerprint density at radius 3 is 1.87 bits per heavy atom. The minimum atomic E-state index is -4.70. The quantitative estimate of drug-likeness (QED) is 0.411. The Morgan fingerprint density at radius 2 is 1.35 bits per heavy atom. The highest BCUT2D eigenvalue weighted by Gasteiger charge is 2.24. The lowest BCUT2D eigenvalue weighted by Crippen LogP contribution is -2.12. The molecule has 0 bridgehead atoms. The first kappa shape index (κ1) is 23.4. The molecule has 3 rings (SSSR count). The monoisotopic (exact) mass is 444 g/mol. The van der Waals surface area contributed by atoms with Gasteiger partial charge in [-0.3, -0.25) is 0 Å². The van der Waals surface area contributed by atoms with Gasteiger partial charge in [0.25, 0.3) is 0 Å². The molecule has 0 atom stereocenters. The van der Waals surface area contributed by atoms with E-state index >= 15 is 0 Å². The lowest BCUT2D eigenvalue weighted by molar-refractivity contribution is -0.0790. The minimum absolute atomic E-state index is 0.0643. The van der Waals surface area contributed by atoms with Gasteiger partial charge in [-0.25, -0.2) is 17.6 Å². The van der Waals surface area contributed by atoms with Gasteiger partial charge < -0.3 is 0 Å². The fraction of sp³-hybridized carbons (Fsp3) is 0.417. The van der Waals surface area contributed by atoms with Gasteiger partial charge in [-0.15, -0.1) is 0 Å². The van der Waals surface area contributed by atoms with E-state index < -0.39 is 35.0 Å². The Bertz CT molecular complexity index is 905. The van der Waals surface area contributed by atoms with Crippen LogP contribution in [0, 0.1) is 29.2 Å². The van der Waals surface area contributed by atoms with Crippen molar-refractivity contribution in [1.82, 2.24) is 0 Å². The summed E-state index contributed by atoms with van der Waals surface area (Å²) in [6.45, 7) is 2.16. The lowest BCUT2D eigenvalue weighted by Gasteiger charge is -2.26. The third-order valence-electron chi connectivity index (χ3n) is 5.89. The highest BCUT2D eigenvalue weighted by Crippen LogP contribution is 2.36. The number of allylic oxidation sites excluding steroid dienone is 1. The van der Waals surface area contributed by atoms with E-state index in [0.29, 0.717) is 17.6 Å². The molecule has 1 aliphatic rings. The van der Waals surface area contributed by atoms with Crippen LogP contribution < -0.4 is 0 Å². The molecule has 0 amide bonds. The van der Waals surface area contributed by atoms with Crippen LogP contribution >= 0.6 is 0 Å². The van der Waals surface area contributed by atoms with Crippen LogP contribution in [0.15, 0.2) is 30.3 Å². The molecule has 0 heterocycles. The van der Waals surface area contributed by atoms with Gasteiger partial charge in [-0.1, -0.05) is 19.8 Å². The maximum Gasteiger partial charge on any atom is 0.409 e. The van der Waals surface area contributed by atoms with Gasteiger partial charge in [0.2, 0.25) is 0 Å². The van der Waals surface area contributed by atoms with Crippen LogP contribution in [-0.4, -0.2) is 6.18 Å². The molecule has 2 aromatic carbocycles. The van der Waals surface area contributed by atoms with E-state index in [0.717, 1.165) is 37.8 Å². The molecule has 1 saturated carbocycles. The molecule has 2 aromatic rings. The number of hydrogen-bond acceptors (Lipinski definition) is 0. The zero-order chi connectivity index (χ0) is 22.8. The number of rotatable bonds is 5.